The van der Waals surface area contributed by atoms with E-state index in [2.05, 4.69) is 5.14 Å². The molecule has 1 rings (SSSR count). The number of alkyl halides is 2. The van der Waals surface area contributed by atoms with E-state index in [4.69, 9.17) is 0 Å². The van der Waals surface area contributed by atoms with E-state index in [0.29, 0.717) is 12.1 Å². The highest BCUT2D eigenvalue weighted by Gasteiger charge is 2.26. The van der Waals surface area contributed by atoms with E-state index in [9.17, 15) is 26.0 Å². The van der Waals surface area contributed by atoms with Crippen molar-refractivity contribution in [3.05, 3.63) is 29.3 Å². The molecular formula is C7H5F4NO2S. The van der Waals surface area contributed by atoms with Gasteiger partial charge in [-0.15, -0.1) is 0 Å². The molecule has 8 heteroatoms. The monoisotopic (exact) mass is 243 g/mol. The molecule has 0 radical (unpaired) electrons. The van der Waals surface area contributed by atoms with Gasteiger partial charge >= 0.3 is 0 Å². The van der Waals surface area contributed by atoms with Gasteiger partial charge in [0.1, 0.15) is 5.82 Å². The maximum atomic E-state index is 13.1. The van der Waals surface area contributed by atoms with Crippen LogP contribution < -0.4 is 5.14 Å². The first-order chi connectivity index (χ1) is 6.75. The van der Waals surface area contributed by atoms with Crippen LogP contribution in [0.25, 0.3) is 0 Å². The van der Waals surface area contributed by atoms with Crippen molar-refractivity contribution in [1.29, 1.82) is 0 Å². The topological polar surface area (TPSA) is 60.2 Å². The minimum atomic E-state index is -4.70. The highest BCUT2D eigenvalue weighted by molar-refractivity contribution is 7.89. The van der Waals surface area contributed by atoms with E-state index in [-0.39, 0.29) is 0 Å². The predicted octanol–water partition coefficient (Wildman–Crippen LogP) is 1.55. The highest BCUT2D eigenvalue weighted by Crippen LogP contribution is 2.27. The summed E-state index contributed by atoms with van der Waals surface area (Å²) >= 11 is 0. The zero-order valence-corrected chi connectivity index (χ0v) is 7.86. The Balaban J connectivity index is 3.59. The average Bonchev–Trinajstić information content (AvgIpc) is 2.00. The Kier molecular flexibility index (Phi) is 3.00. The lowest BCUT2D eigenvalue weighted by Gasteiger charge is -2.06. The Morgan fingerprint density at radius 2 is 1.73 bits per heavy atom. The number of halogens is 4. The van der Waals surface area contributed by atoms with Crippen LogP contribution in [0.4, 0.5) is 17.6 Å². The first-order valence-electron chi connectivity index (χ1n) is 3.54. The van der Waals surface area contributed by atoms with E-state index in [1.165, 1.54) is 0 Å². The van der Waals surface area contributed by atoms with Crippen LogP contribution in [0.5, 0.6) is 0 Å². The van der Waals surface area contributed by atoms with Crippen molar-refractivity contribution in [2.24, 2.45) is 5.14 Å². The Morgan fingerprint density at radius 3 is 2.13 bits per heavy atom. The molecule has 1 aromatic rings. The molecule has 0 aliphatic rings. The summed E-state index contributed by atoms with van der Waals surface area (Å²) in [6.07, 6.45) is -3.24. The van der Waals surface area contributed by atoms with E-state index in [0.717, 1.165) is 0 Å². The first-order valence-corrected chi connectivity index (χ1v) is 5.08. The maximum absolute atomic E-state index is 13.1. The van der Waals surface area contributed by atoms with Crippen molar-refractivity contribution >= 4 is 10.0 Å². The number of hydrogen-bond acceptors (Lipinski definition) is 2. The predicted molar refractivity (Wildman–Crippen MR) is 42.7 cm³/mol. The Morgan fingerprint density at radius 1 is 1.20 bits per heavy atom. The SMILES string of the molecule is NS(=O)(=O)c1c(F)ccc(C(F)F)c1F. The Hall–Kier alpha value is -1.15. The summed E-state index contributed by atoms with van der Waals surface area (Å²) in [6.45, 7) is 0. The fourth-order valence-corrected chi connectivity index (χ4v) is 1.68. The summed E-state index contributed by atoms with van der Waals surface area (Å²) in [5.41, 5.74) is -1.21. The van der Waals surface area contributed by atoms with E-state index < -0.39 is 38.5 Å². The molecular weight excluding hydrogens is 238 g/mol. The standard InChI is InChI=1S/C7H5F4NO2S/c8-4-2-1-3(7(10)11)5(9)6(4)15(12,13)14/h1-2,7H,(H2,12,13,14). The van der Waals surface area contributed by atoms with Gasteiger partial charge < -0.3 is 0 Å². The largest absolute Gasteiger partial charge is 0.266 e. The van der Waals surface area contributed by atoms with Crippen molar-refractivity contribution in [2.75, 3.05) is 0 Å². The van der Waals surface area contributed by atoms with Gasteiger partial charge in [0.2, 0.25) is 10.0 Å². The van der Waals surface area contributed by atoms with Gasteiger partial charge in [-0.1, -0.05) is 0 Å². The molecule has 2 N–H and O–H groups in total. The summed E-state index contributed by atoms with van der Waals surface area (Å²) in [5.74, 6) is -3.35. The summed E-state index contributed by atoms with van der Waals surface area (Å²) in [6, 6.07) is 0.883. The smallest absolute Gasteiger partial charge is 0.224 e. The van der Waals surface area contributed by atoms with Crippen LogP contribution in [-0.2, 0) is 10.0 Å². The molecule has 0 spiro atoms. The minimum Gasteiger partial charge on any atom is -0.224 e. The molecule has 84 valence electrons. The van der Waals surface area contributed by atoms with Gasteiger partial charge in [0.05, 0.1) is 5.56 Å². The van der Waals surface area contributed by atoms with E-state index in [1.807, 2.05) is 0 Å². The molecule has 0 fully saturated rings. The van der Waals surface area contributed by atoms with Crippen LogP contribution in [0, 0.1) is 11.6 Å². The molecule has 1 aromatic carbocycles. The van der Waals surface area contributed by atoms with Crippen molar-refractivity contribution < 1.29 is 26.0 Å². The lowest BCUT2D eigenvalue weighted by Crippen LogP contribution is -2.17. The third-order valence-corrected chi connectivity index (χ3v) is 2.54. The second-order valence-corrected chi connectivity index (χ2v) is 4.12. The lowest BCUT2D eigenvalue weighted by molar-refractivity contribution is 0.145. The van der Waals surface area contributed by atoms with Gasteiger partial charge in [0, 0.05) is 0 Å². The molecule has 0 aliphatic heterocycles. The minimum absolute atomic E-state index is 0.421. The molecule has 15 heavy (non-hydrogen) atoms. The number of nitrogens with two attached hydrogens (primary N) is 1. The first kappa shape index (κ1) is 11.9. The third-order valence-electron chi connectivity index (χ3n) is 1.60. The summed E-state index contributed by atoms with van der Waals surface area (Å²) in [7, 11) is -4.70. The second-order valence-electron chi connectivity index (χ2n) is 2.63. The van der Waals surface area contributed by atoms with Crippen molar-refractivity contribution in [3.8, 4) is 0 Å². The molecule has 0 heterocycles. The van der Waals surface area contributed by atoms with Gasteiger partial charge in [-0.05, 0) is 12.1 Å². The molecule has 0 amide bonds. The van der Waals surface area contributed by atoms with Crippen LogP contribution in [0.15, 0.2) is 17.0 Å². The molecule has 0 bridgehead atoms. The zero-order chi connectivity index (χ0) is 11.8. The number of primary sulfonamides is 1. The fraction of sp³-hybridized carbons (Fsp3) is 0.143. The van der Waals surface area contributed by atoms with Crippen LogP contribution >= 0.6 is 0 Å². The second kappa shape index (κ2) is 3.78. The molecule has 0 aliphatic carbocycles. The summed E-state index contributed by atoms with van der Waals surface area (Å²) in [5, 5.41) is 4.47. The van der Waals surface area contributed by atoms with Crippen molar-refractivity contribution in [2.45, 2.75) is 11.3 Å². The number of rotatable bonds is 2. The van der Waals surface area contributed by atoms with Gasteiger partial charge in [-0.2, -0.15) is 0 Å². The van der Waals surface area contributed by atoms with E-state index in [1.54, 1.807) is 0 Å². The maximum Gasteiger partial charge on any atom is 0.266 e. The molecule has 0 saturated heterocycles. The van der Waals surface area contributed by atoms with Crippen molar-refractivity contribution in [1.82, 2.24) is 0 Å². The van der Waals surface area contributed by atoms with Crippen LogP contribution in [0.2, 0.25) is 0 Å². The highest BCUT2D eigenvalue weighted by atomic mass is 32.2. The molecule has 0 aromatic heterocycles. The number of hydrogen-bond donors (Lipinski definition) is 1. The quantitative estimate of drug-likeness (QED) is 0.801. The van der Waals surface area contributed by atoms with Gasteiger partial charge in [-0.25, -0.2) is 31.1 Å². The van der Waals surface area contributed by atoms with Gasteiger partial charge in [0.25, 0.3) is 6.43 Å². The lowest BCUT2D eigenvalue weighted by atomic mass is 10.2. The van der Waals surface area contributed by atoms with Crippen LogP contribution in [0.3, 0.4) is 0 Å². The summed E-state index contributed by atoms with van der Waals surface area (Å²) < 4.78 is 71.6. The Bertz CT molecular complexity index is 486. The Labute approximate surface area is 82.6 Å². The van der Waals surface area contributed by atoms with Crippen LogP contribution in [-0.4, -0.2) is 8.42 Å². The number of benzene rings is 1. The van der Waals surface area contributed by atoms with Gasteiger partial charge in [-0.3, -0.25) is 0 Å². The van der Waals surface area contributed by atoms with Crippen LogP contribution in [0.1, 0.15) is 12.0 Å². The molecule has 0 atom stereocenters. The third kappa shape index (κ3) is 2.26. The summed E-state index contributed by atoms with van der Waals surface area (Å²) in [4.78, 5) is -1.54. The average molecular weight is 243 g/mol. The number of sulfonamides is 1. The van der Waals surface area contributed by atoms with Crippen molar-refractivity contribution in [3.63, 3.8) is 0 Å². The van der Waals surface area contributed by atoms with E-state index >= 15 is 0 Å². The fourth-order valence-electron chi connectivity index (χ4n) is 0.977. The molecule has 0 unspecified atom stereocenters. The normalized spacial score (nSPS) is 12.1. The zero-order valence-electron chi connectivity index (χ0n) is 7.05. The molecule has 3 nitrogen and oxygen atoms in total. The molecule has 0 saturated carbocycles. The van der Waals surface area contributed by atoms with Gasteiger partial charge in [0.15, 0.2) is 10.7 Å².